The highest BCUT2D eigenvalue weighted by molar-refractivity contribution is 5.68. The molecular formula is C20H31NO4. The van der Waals surface area contributed by atoms with Crippen LogP contribution in [0.2, 0.25) is 0 Å². The molecule has 1 unspecified atom stereocenters. The third kappa shape index (κ3) is 4.43. The third-order valence-electron chi connectivity index (χ3n) is 5.70. The van der Waals surface area contributed by atoms with Crippen molar-refractivity contribution < 1.29 is 19.5 Å². The number of carbonyl (C=O) groups is 1. The second-order valence-electron chi connectivity index (χ2n) is 8.44. The smallest absolute Gasteiger partial charge is 0.304 e. The molecule has 2 fully saturated rings. The first-order valence-corrected chi connectivity index (χ1v) is 9.81. The van der Waals surface area contributed by atoms with E-state index in [0.29, 0.717) is 24.7 Å². The molecule has 0 saturated heterocycles. The number of aromatic nitrogens is 1. The lowest BCUT2D eigenvalue weighted by molar-refractivity contribution is -0.137. The van der Waals surface area contributed by atoms with Gasteiger partial charge < -0.3 is 14.7 Å². The van der Waals surface area contributed by atoms with Crippen LogP contribution >= 0.6 is 0 Å². The molecule has 2 saturated carbocycles. The number of aliphatic hydroxyl groups excluding tert-OH is 1. The minimum atomic E-state index is -0.810. The van der Waals surface area contributed by atoms with E-state index in [-0.39, 0.29) is 18.9 Å². The maximum atomic E-state index is 11.3. The normalized spacial score (nSPS) is 24.3. The summed E-state index contributed by atoms with van der Waals surface area (Å²) in [7, 11) is 0. The third-order valence-corrected chi connectivity index (χ3v) is 5.70. The number of carboxylic acids is 1. The molecule has 0 radical (unpaired) electrons. The molecule has 5 heteroatoms. The summed E-state index contributed by atoms with van der Waals surface area (Å²) in [5.41, 5.74) is 2.08. The quantitative estimate of drug-likeness (QED) is 0.653. The topological polar surface area (TPSA) is 83.6 Å². The van der Waals surface area contributed by atoms with Crippen LogP contribution in [-0.4, -0.2) is 27.9 Å². The summed E-state index contributed by atoms with van der Waals surface area (Å²) in [4.78, 5) is 11.3. The van der Waals surface area contributed by atoms with Gasteiger partial charge in [0.15, 0.2) is 0 Å². The van der Waals surface area contributed by atoms with E-state index in [1.165, 1.54) is 24.8 Å². The van der Waals surface area contributed by atoms with Gasteiger partial charge in [-0.15, -0.1) is 0 Å². The average Bonchev–Trinajstić information content (AvgIpc) is 3.25. The van der Waals surface area contributed by atoms with Gasteiger partial charge in [-0.25, -0.2) is 0 Å². The van der Waals surface area contributed by atoms with Crippen molar-refractivity contribution in [2.45, 2.75) is 83.0 Å². The average molecular weight is 349 g/mol. The standard InChI is InChI=1S/C20H31NO4/c1-12(2)8-13-9-16(10-13)20-18(14-5-6-14)19(21-25-20)15(4-3-7-22)11-17(23)24/h12-16,22H,3-11H2,1-2H3,(H,23,24). The fraction of sp³-hybridized carbons (Fsp3) is 0.800. The van der Waals surface area contributed by atoms with Crippen molar-refractivity contribution in [3.8, 4) is 0 Å². The van der Waals surface area contributed by atoms with Crippen LogP contribution in [0.3, 0.4) is 0 Å². The summed E-state index contributed by atoms with van der Waals surface area (Å²) in [5.74, 6) is 2.57. The van der Waals surface area contributed by atoms with Gasteiger partial charge in [-0.2, -0.15) is 0 Å². The Morgan fingerprint density at radius 2 is 2.00 bits per heavy atom. The molecule has 3 rings (SSSR count). The Bertz CT molecular complexity index is 585. The molecule has 0 spiro atoms. The zero-order chi connectivity index (χ0) is 18.0. The van der Waals surface area contributed by atoms with Crippen molar-refractivity contribution >= 4 is 5.97 Å². The number of aliphatic hydroxyl groups is 1. The number of rotatable bonds is 10. The Balaban J connectivity index is 1.76. The van der Waals surface area contributed by atoms with E-state index in [4.69, 9.17) is 9.63 Å². The van der Waals surface area contributed by atoms with E-state index in [0.717, 1.165) is 36.1 Å². The molecule has 25 heavy (non-hydrogen) atoms. The van der Waals surface area contributed by atoms with E-state index in [9.17, 15) is 9.90 Å². The van der Waals surface area contributed by atoms with Gasteiger partial charge in [-0.1, -0.05) is 19.0 Å². The second kappa shape index (κ2) is 7.90. The van der Waals surface area contributed by atoms with E-state index >= 15 is 0 Å². The molecule has 1 aromatic heterocycles. The molecule has 2 N–H and O–H groups in total. The molecule has 1 atom stereocenters. The van der Waals surface area contributed by atoms with Gasteiger partial charge >= 0.3 is 5.97 Å². The van der Waals surface area contributed by atoms with Crippen molar-refractivity contribution in [2.24, 2.45) is 11.8 Å². The van der Waals surface area contributed by atoms with Crippen molar-refractivity contribution in [3.63, 3.8) is 0 Å². The van der Waals surface area contributed by atoms with Gasteiger partial charge in [0.05, 0.1) is 12.1 Å². The molecule has 0 amide bonds. The SMILES string of the molecule is CC(C)CC1CC(c2onc(C(CCCO)CC(=O)O)c2C2CC2)C1. The maximum Gasteiger partial charge on any atom is 0.304 e. The monoisotopic (exact) mass is 349 g/mol. The molecule has 140 valence electrons. The van der Waals surface area contributed by atoms with Crippen molar-refractivity contribution in [3.05, 3.63) is 17.0 Å². The van der Waals surface area contributed by atoms with E-state index in [1.54, 1.807) is 0 Å². The predicted octanol–water partition coefficient (Wildman–Crippen LogP) is 4.42. The van der Waals surface area contributed by atoms with Crippen LogP contribution in [0, 0.1) is 11.8 Å². The molecule has 0 bridgehead atoms. The number of carboxylic acid groups (broad SMARTS) is 1. The molecule has 0 aromatic carbocycles. The number of aliphatic carboxylic acids is 1. The Labute approximate surface area is 149 Å². The Morgan fingerprint density at radius 3 is 2.56 bits per heavy atom. The van der Waals surface area contributed by atoms with Gasteiger partial charge in [0.25, 0.3) is 0 Å². The van der Waals surface area contributed by atoms with Crippen LogP contribution in [0.15, 0.2) is 4.52 Å². The Morgan fingerprint density at radius 1 is 1.28 bits per heavy atom. The van der Waals surface area contributed by atoms with Gasteiger partial charge in [-0.3, -0.25) is 4.79 Å². The minimum Gasteiger partial charge on any atom is -0.481 e. The fourth-order valence-corrected chi connectivity index (χ4v) is 4.39. The lowest BCUT2D eigenvalue weighted by atomic mass is 9.69. The van der Waals surface area contributed by atoms with Crippen LogP contribution in [0.5, 0.6) is 0 Å². The first kappa shape index (κ1) is 18.4. The minimum absolute atomic E-state index is 0.0618. The van der Waals surface area contributed by atoms with Crippen molar-refractivity contribution in [1.29, 1.82) is 0 Å². The van der Waals surface area contributed by atoms with Crippen LogP contribution in [0.25, 0.3) is 0 Å². The van der Waals surface area contributed by atoms with E-state index < -0.39 is 5.97 Å². The summed E-state index contributed by atoms with van der Waals surface area (Å²) in [5, 5.41) is 22.8. The second-order valence-corrected chi connectivity index (χ2v) is 8.44. The highest BCUT2D eigenvalue weighted by atomic mass is 16.5. The van der Waals surface area contributed by atoms with Gasteiger partial charge in [0, 0.05) is 24.0 Å². The molecule has 2 aliphatic carbocycles. The van der Waals surface area contributed by atoms with Crippen molar-refractivity contribution in [1.82, 2.24) is 5.16 Å². The zero-order valence-electron chi connectivity index (χ0n) is 15.4. The number of hydrogen-bond donors (Lipinski definition) is 2. The van der Waals surface area contributed by atoms with Crippen LogP contribution < -0.4 is 0 Å². The molecule has 5 nitrogen and oxygen atoms in total. The Hall–Kier alpha value is -1.36. The largest absolute Gasteiger partial charge is 0.481 e. The van der Waals surface area contributed by atoms with Crippen LogP contribution in [0.1, 0.15) is 100.0 Å². The number of nitrogens with zero attached hydrogens (tertiary/aromatic N) is 1. The number of hydrogen-bond acceptors (Lipinski definition) is 4. The molecule has 0 aliphatic heterocycles. The van der Waals surface area contributed by atoms with Gasteiger partial charge in [0.2, 0.25) is 0 Å². The first-order valence-electron chi connectivity index (χ1n) is 9.81. The highest BCUT2D eigenvalue weighted by Gasteiger charge is 2.41. The predicted molar refractivity (Wildman–Crippen MR) is 94.7 cm³/mol. The first-order chi connectivity index (χ1) is 12.0. The van der Waals surface area contributed by atoms with Crippen LogP contribution in [-0.2, 0) is 4.79 Å². The van der Waals surface area contributed by atoms with Crippen LogP contribution in [0.4, 0.5) is 0 Å². The fourth-order valence-electron chi connectivity index (χ4n) is 4.39. The summed E-state index contributed by atoms with van der Waals surface area (Å²) < 4.78 is 5.79. The van der Waals surface area contributed by atoms with Gasteiger partial charge in [0.1, 0.15) is 5.76 Å². The molecule has 2 aliphatic rings. The zero-order valence-corrected chi connectivity index (χ0v) is 15.4. The summed E-state index contributed by atoms with van der Waals surface area (Å²) >= 11 is 0. The summed E-state index contributed by atoms with van der Waals surface area (Å²) in [6, 6.07) is 0. The van der Waals surface area contributed by atoms with E-state index in [1.807, 2.05) is 0 Å². The molecular weight excluding hydrogens is 318 g/mol. The summed E-state index contributed by atoms with van der Waals surface area (Å²) in [6.07, 6.45) is 7.24. The maximum absolute atomic E-state index is 11.3. The Kier molecular flexibility index (Phi) is 5.82. The van der Waals surface area contributed by atoms with Crippen molar-refractivity contribution in [2.75, 3.05) is 6.61 Å². The molecule has 1 aromatic rings. The van der Waals surface area contributed by atoms with E-state index in [2.05, 4.69) is 19.0 Å². The lowest BCUT2D eigenvalue weighted by Gasteiger charge is -2.35. The summed E-state index contributed by atoms with van der Waals surface area (Å²) in [6.45, 7) is 4.62. The molecule has 1 heterocycles. The highest BCUT2D eigenvalue weighted by Crippen LogP contribution is 2.52. The van der Waals surface area contributed by atoms with Gasteiger partial charge in [-0.05, 0) is 62.7 Å². The lowest BCUT2D eigenvalue weighted by Crippen LogP contribution is -2.23.